The maximum Gasteiger partial charge on any atom is 0.0119 e. The zero-order valence-electron chi connectivity index (χ0n) is 22.4. The standard InChI is InChI=1S/C27H22S.C11H10/c1-2-3-4-11-21(25-15-9-10-17-27(25)28)19-22-18-20-12-5-6-13-23(20)26-16-8-7-14-24(22)26;1-9-6-7-10-4-2-3-5-11(10)8-9/h2-19,28H,1H3;2-8H,1H3/b3-2+,11-4-,21-19+;. The number of hydrogen-bond donors (Lipinski definition) is 1. The quantitative estimate of drug-likeness (QED) is 0.102. The Morgan fingerprint density at radius 2 is 1.23 bits per heavy atom. The molecule has 0 atom stereocenters. The van der Waals surface area contributed by atoms with Gasteiger partial charge in [-0.3, -0.25) is 0 Å². The highest BCUT2D eigenvalue weighted by Crippen LogP contribution is 2.32. The van der Waals surface area contributed by atoms with E-state index in [4.69, 9.17) is 0 Å². The van der Waals surface area contributed by atoms with Crippen LogP contribution in [0.5, 0.6) is 0 Å². The van der Waals surface area contributed by atoms with Crippen molar-refractivity contribution in [3.8, 4) is 0 Å². The molecule has 0 unspecified atom stereocenters. The second-order valence-corrected chi connectivity index (χ2v) is 10.1. The van der Waals surface area contributed by atoms with Crippen molar-refractivity contribution < 1.29 is 0 Å². The van der Waals surface area contributed by atoms with E-state index in [1.165, 1.54) is 43.4 Å². The van der Waals surface area contributed by atoms with Gasteiger partial charge in [0.2, 0.25) is 0 Å². The lowest BCUT2D eigenvalue weighted by Gasteiger charge is -2.11. The molecule has 0 N–H and O–H groups in total. The zero-order chi connectivity index (χ0) is 27.0. The van der Waals surface area contributed by atoms with Gasteiger partial charge in [-0.1, -0.05) is 139 Å². The minimum Gasteiger partial charge on any atom is -0.143 e. The molecule has 1 heteroatoms. The third-order valence-corrected chi connectivity index (χ3v) is 7.20. The summed E-state index contributed by atoms with van der Waals surface area (Å²) in [4.78, 5) is 0.976. The molecule has 0 saturated carbocycles. The average Bonchev–Trinajstić information content (AvgIpc) is 2.97. The van der Waals surface area contributed by atoms with Gasteiger partial charge >= 0.3 is 0 Å². The third-order valence-electron chi connectivity index (χ3n) is 6.81. The van der Waals surface area contributed by atoms with Crippen LogP contribution in [0.15, 0.2) is 151 Å². The largest absolute Gasteiger partial charge is 0.143 e. The molecule has 6 aromatic carbocycles. The predicted molar refractivity (Wildman–Crippen MR) is 176 cm³/mol. The molecule has 0 fully saturated rings. The van der Waals surface area contributed by atoms with Crippen LogP contribution in [0, 0.1) is 6.92 Å². The van der Waals surface area contributed by atoms with E-state index in [1.54, 1.807) is 0 Å². The molecule has 6 rings (SSSR count). The number of fused-ring (bicyclic) bond motifs is 4. The van der Waals surface area contributed by atoms with Gasteiger partial charge < -0.3 is 0 Å². The van der Waals surface area contributed by atoms with E-state index >= 15 is 0 Å². The summed E-state index contributed by atoms with van der Waals surface area (Å²) in [5, 5.41) is 7.72. The van der Waals surface area contributed by atoms with Crippen molar-refractivity contribution in [1.29, 1.82) is 0 Å². The number of hydrogen-bond acceptors (Lipinski definition) is 1. The highest BCUT2D eigenvalue weighted by atomic mass is 32.1. The molecule has 0 saturated heterocycles. The summed E-state index contributed by atoms with van der Waals surface area (Å²) in [7, 11) is 0. The Kier molecular flexibility index (Phi) is 8.41. The van der Waals surface area contributed by atoms with Crippen molar-refractivity contribution in [2.75, 3.05) is 0 Å². The van der Waals surface area contributed by atoms with Gasteiger partial charge in [-0.15, -0.1) is 12.6 Å². The molecule has 0 aliphatic heterocycles. The average molecular weight is 521 g/mol. The number of rotatable bonds is 4. The van der Waals surface area contributed by atoms with E-state index in [0.29, 0.717) is 0 Å². The van der Waals surface area contributed by atoms with Crippen LogP contribution in [0.1, 0.15) is 23.6 Å². The zero-order valence-corrected chi connectivity index (χ0v) is 23.3. The molecule has 0 bridgehead atoms. The summed E-state index contributed by atoms with van der Waals surface area (Å²) in [6.45, 7) is 4.14. The van der Waals surface area contributed by atoms with E-state index in [-0.39, 0.29) is 0 Å². The van der Waals surface area contributed by atoms with Gasteiger partial charge in [0.1, 0.15) is 0 Å². The fourth-order valence-corrected chi connectivity index (χ4v) is 5.17. The SMILES string of the molecule is C/C=C/C=C\C(=C/c1cc2ccccc2c2ccccc12)c1ccccc1S.Cc1ccc2ccccc2c1. The smallest absolute Gasteiger partial charge is 0.0119 e. The summed E-state index contributed by atoms with van der Waals surface area (Å²) >= 11 is 4.69. The van der Waals surface area contributed by atoms with E-state index in [0.717, 1.165) is 16.0 Å². The molecule has 0 aromatic heterocycles. The second kappa shape index (κ2) is 12.5. The fourth-order valence-electron chi connectivity index (χ4n) is 4.88. The normalized spacial score (nSPS) is 11.9. The van der Waals surface area contributed by atoms with Crippen LogP contribution in [-0.2, 0) is 0 Å². The first kappa shape index (κ1) is 26.3. The van der Waals surface area contributed by atoms with Crippen LogP contribution < -0.4 is 0 Å². The lowest BCUT2D eigenvalue weighted by Crippen LogP contribution is -1.87. The monoisotopic (exact) mass is 520 g/mol. The third kappa shape index (κ3) is 6.22. The van der Waals surface area contributed by atoms with Crippen molar-refractivity contribution >= 4 is 56.6 Å². The van der Waals surface area contributed by atoms with Gasteiger partial charge in [0.05, 0.1) is 0 Å². The van der Waals surface area contributed by atoms with Gasteiger partial charge in [0, 0.05) is 4.90 Å². The first-order chi connectivity index (χ1) is 19.1. The first-order valence-corrected chi connectivity index (χ1v) is 13.7. The van der Waals surface area contributed by atoms with Crippen molar-refractivity contribution in [1.82, 2.24) is 0 Å². The summed E-state index contributed by atoms with van der Waals surface area (Å²) in [6.07, 6.45) is 10.6. The Bertz CT molecular complexity index is 1840. The maximum absolute atomic E-state index is 4.69. The number of aryl methyl sites for hydroxylation is 1. The van der Waals surface area contributed by atoms with E-state index in [1.807, 2.05) is 31.2 Å². The number of benzene rings is 6. The summed E-state index contributed by atoms with van der Waals surface area (Å²) in [5.41, 5.74) is 4.81. The van der Waals surface area contributed by atoms with Crippen LogP contribution in [-0.4, -0.2) is 0 Å². The molecule has 0 spiro atoms. The van der Waals surface area contributed by atoms with Crippen molar-refractivity contribution in [3.63, 3.8) is 0 Å². The Morgan fingerprint density at radius 1 is 0.590 bits per heavy atom. The maximum atomic E-state index is 4.69. The lowest BCUT2D eigenvalue weighted by atomic mass is 9.94. The van der Waals surface area contributed by atoms with E-state index in [9.17, 15) is 0 Å². The molecule has 6 aromatic rings. The molecule has 0 nitrogen and oxygen atoms in total. The Hall–Kier alpha value is -4.33. The molecular formula is C38H32S. The first-order valence-electron chi connectivity index (χ1n) is 13.3. The van der Waals surface area contributed by atoms with Crippen LogP contribution in [0.4, 0.5) is 0 Å². The van der Waals surface area contributed by atoms with Gasteiger partial charge in [0.15, 0.2) is 0 Å². The Labute approximate surface area is 237 Å². The van der Waals surface area contributed by atoms with Crippen LogP contribution in [0.2, 0.25) is 0 Å². The van der Waals surface area contributed by atoms with Crippen molar-refractivity contribution in [3.05, 3.63) is 162 Å². The molecule has 0 aliphatic carbocycles. The van der Waals surface area contributed by atoms with E-state index in [2.05, 4.69) is 147 Å². The molecule has 0 radical (unpaired) electrons. The van der Waals surface area contributed by atoms with Crippen LogP contribution in [0.3, 0.4) is 0 Å². The number of thiol groups is 1. The highest BCUT2D eigenvalue weighted by molar-refractivity contribution is 7.80. The lowest BCUT2D eigenvalue weighted by molar-refractivity contribution is 1.42. The summed E-state index contributed by atoms with van der Waals surface area (Å²) < 4.78 is 0. The van der Waals surface area contributed by atoms with Gasteiger partial charge in [-0.25, -0.2) is 0 Å². The molecule has 190 valence electrons. The predicted octanol–water partition coefficient (Wildman–Crippen LogP) is 11.1. The minimum atomic E-state index is 0.976. The Morgan fingerprint density at radius 3 is 2.00 bits per heavy atom. The summed E-state index contributed by atoms with van der Waals surface area (Å²) in [6, 6.07) is 42.6. The van der Waals surface area contributed by atoms with E-state index < -0.39 is 0 Å². The van der Waals surface area contributed by atoms with Crippen LogP contribution >= 0.6 is 12.6 Å². The molecule has 39 heavy (non-hydrogen) atoms. The Balaban J connectivity index is 0.000000233. The molecule has 0 heterocycles. The molecule has 0 aliphatic rings. The minimum absolute atomic E-state index is 0.976. The molecular weight excluding hydrogens is 488 g/mol. The van der Waals surface area contributed by atoms with Gasteiger partial charge in [-0.05, 0) is 81.1 Å². The second-order valence-electron chi connectivity index (χ2n) is 9.58. The highest BCUT2D eigenvalue weighted by Gasteiger charge is 2.07. The summed E-state index contributed by atoms with van der Waals surface area (Å²) in [5.74, 6) is 0. The van der Waals surface area contributed by atoms with Gasteiger partial charge in [0.25, 0.3) is 0 Å². The number of allylic oxidation sites excluding steroid dienone is 5. The van der Waals surface area contributed by atoms with Gasteiger partial charge in [-0.2, -0.15) is 0 Å². The van der Waals surface area contributed by atoms with Crippen molar-refractivity contribution in [2.24, 2.45) is 0 Å². The topological polar surface area (TPSA) is 0 Å². The fraction of sp³-hybridized carbons (Fsp3) is 0.0526. The molecule has 0 amide bonds. The van der Waals surface area contributed by atoms with Crippen LogP contribution in [0.25, 0.3) is 44.0 Å². The van der Waals surface area contributed by atoms with Crippen molar-refractivity contribution in [2.45, 2.75) is 18.7 Å².